The minimum atomic E-state index is -3.65. The van der Waals surface area contributed by atoms with Crippen LogP contribution in [0.2, 0.25) is 0 Å². The van der Waals surface area contributed by atoms with Crippen LogP contribution in [-0.2, 0) is 14.8 Å². The summed E-state index contributed by atoms with van der Waals surface area (Å²) in [5.74, 6) is -1.87. The first-order chi connectivity index (χ1) is 15.3. The number of rotatable bonds is 10. The second-order valence-electron chi connectivity index (χ2n) is 7.98. The molecule has 3 N–H and O–H groups in total. The van der Waals surface area contributed by atoms with Gasteiger partial charge in [0.25, 0.3) is 0 Å². The molecular weight excluding hydrogens is 476 g/mol. The third kappa shape index (κ3) is 8.40. The van der Waals surface area contributed by atoms with E-state index in [9.17, 15) is 27.8 Å². The van der Waals surface area contributed by atoms with E-state index in [2.05, 4.69) is 9.97 Å². The molecule has 2 atom stereocenters. The number of aliphatic hydroxyl groups excluding tert-OH is 2. The summed E-state index contributed by atoms with van der Waals surface area (Å²) in [4.78, 5) is 19.6. The summed E-state index contributed by atoms with van der Waals surface area (Å²) in [6.45, 7) is 3.71. The molecule has 2 aromatic rings. The summed E-state index contributed by atoms with van der Waals surface area (Å²) >= 11 is 0. The Labute approximate surface area is 220 Å². The van der Waals surface area contributed by atoms with Crippen LogP contribution >= 0.6 is 0 Å². The van der Waals surface area contributed by atoms with Crippen LogP contribution in [0, 0.1) is 5.82 Å². The van der Waals surface area contributed by atoms with E-state index in [1.165, 1.54) is 43.5 Å². The fourth-order valence-corrected chi connectivity index (χ4v) is 3.42. The number of aliphatic carboxylic acids is 1. The topological polar surface area (TPSA) is 141 Å². The van der Waals surface area contributed by atoms with Crippen molar-refractivity contribution in [1.29, 1.82) is 0 Å². The third-order valence-corrected chi connectivity index (χ3v) is 5.97. The molecule has 1 heterocycles. The van der Waals surface area contributed by atoms with Gasteiger partial charge in [-0.15, -0.1) is 0 Å². The van der Waals surface area contributed by atoms with Gasteiger partial charge in [-0.25, -0.2) is 27.1 Å². The predicted octanol–water partition coefficient (Wildman–Crippen LogP) is 1.75. The number of nitrogens with zero attached hydrogens (tertiary/aromatic N) is 3. The molecule has 0 unspecified atom stereocenters. The molecule has 1 aromatic carbocycles. The number of carbonyl (C=O) groups is 1. The number of carboxylic acid groups (broad SMARTS) is 1. The van der Waals surface area contributed by atoms with Crippen LogP contribution in [0.3, 0.4) is 0 Å². The fraction of sp³-hybridized carbons (Fsp3) is 0.409. The Bertz CT molecular complexity index is 1130. The van der Waals surface area contributed by atoms with Gasteiger partial charge >= 0.3 is 35.5 Å². The first-order valence-electron chi connectivity index (χ1n) is 10.2. The summed E-state index contributed by atoms with van der Waals surface area (Å²) < 4.78 is 38.6. The number of benzene rings is 1. The Kier molecular flexibility index (Phi) is 11.3. The Morgan fingerprint density at radius 3 is 2.26 bits per heavy atom. The molecule has 9 nitrogen and oxygen atoms in total. The minimum absolute atomic E-state index is 0. The zero-order valence-corrected chi connectivity index (χ0v) is 19.6. The molecule has 0 fully saturated rings. The molecular formula is C22H29FN3NaO6S. The molecule has 182 valence electrons. The maximum atomic E-state index is 13.5. The van der Waals surface area contributed by atoms with Crippen LogP contribution in [0.15, 0.2) is 30.3 Å². The Morgan fingerprint density at radius 1 is 1.18 bits per heavy atom. The number of aromatic nitrogens is 2. The second-order valence-corrected chi connectivity index (χ2v) is 9.99. The van der Waals surface area contributed by atoms with Gasteiger partial charge in [-0.2, -0.15) is 0 Å². The third-order valence-electron chi connectivity index (χ3n) is 4.82. The van der Waals surface area contributed by atoms with E-state index < -0.39 is 40.4 Å². The van der Waals surface area contributed by atoms with Crippen molar-refractivity contribution in [1.82, 2.24) is 9.97 Å². The monoisotopic (exact) mass is 505 g/mol. The zero-order chi connectivity index (χ0) is 24.9. The van der Waals surface area contributed by atoms with E-state index in [-0.39, 0.29) is 47.8 Å². The molecule has 34 heavy (non-hydrogen) atoms. The summed E-state index contributed by atoms with van der Waals surface area (Å²) in [6, 6.07) is 5.49. The summed E-state index contributed by atoms with van der Waals surface area (Å²) in [6.07, 6.45) is 0.860. The molecule has 0 saturated carbocycles. The van der Waals surface area contributed by atoms with Gasteiger partial charge in [-0.3, -0.25) is 4.79 Å². The summed E-state index contributed by atoms with van der Waals surface area (Å²) in [5.41, 5.74) is 1.80. The van der Waals surface area contributed by atoms with Crippen molar-refractivity contribution in [3.05, 3.63) is 47.4 Å². The van der Waals surface area contributed by atoms with E-state index >= 15 is 0 Å². The molecule has 0 aliphatic carbocycles. The van der Waals surface area contributed by atoms with Crippen molar-refractivity contribution in [2.45, 2.75) is 44.8 Å². The number of anilines is 1. The normalized spacial score (nSPS) is 13.5. The number of aliphatic hydroxyl groups is 2. The molecule has 0 amide bonds. The van der Waals surface area contributed by atoms with Crippen molar-refractivity contribution >= 4 is 57.6 Å². The van der Waals surface area contributed by atoms with Crippen LogP contribution in [-0.4, -0.2) is 94.7 Å². The average molecular weight is 506 g/mol. The Hall–Kier alpha value is -1.89. The molecule has 0 aliphatic rings. The predicted molar refractivity (Wildman–Crippen MR) is 130 cm³/mol. The van der Waals surface area contributed by atoms with Crippen LogP contribution < -0.4 is 4.31 Å². The number of sulfonamides is 1. The summed E-state index contributed by atoms with van der Waals surface area (Å²) in [7, 11) is -2.33. The quantitative estimate of drug-likeness (QED) is 0.415. The van der Waals surface area contributed by atoms with E-state index in [0.717, 1.165) is 10.6 Å². The number of carboxylic acids is 1. The average Bonchev–Trinajstić information content (AvgIpc) is 2.70. The molecule has 0 spiro atoms. The van der Waals surface area contributed by atoms with Gasteiger partial charge in [0.05, 0.1) is 36.3 Å². The standard InChI is InChI=1S/C22H28FN3O6S.Na.H/c1-13(2)20-18(10-9-16(27)11-17(28)12-19(29)30)21(14-5-7-15(23)8-6-14)25-22(24-20)26(3)33(4,31)32;;/h5-10,13,16-17,27-28H,11-12H2,1-4H3,(H,29,30);;/b10-9+;;/t16-,17-;;/m1../s1. The van der Waals surface area contributed by atoms with Crippen LogP contribution in [0.4, 0.5) is 10.3 Å². The van der Waals surface area contributed by atoms with Gasteiger partial charge in [0.15, 0.2) is 0 Å². The van der Waals surface area contributed by atoms with Gasteiger partial charge < -0.3 is 15.3 Å². The molecule has 2 rings (SSSR count). The first kappa shape index (κ1) is 30.1. The van der Waals surface area contributed by atoms with Gasteiger partial charge in [0, 0.05) is 24.6 Å². The molecule has 0 aliphatic heterocycles. The molecule has 0 bridgehead atoms. The van der Waals surface area contributed by atoms with E-state index in [1.54, 1.807) is 0 Å². The first-order valence-corrected chi connectivity index (χ1v) is 12.0. The van der Waals surface area contributed by atoms with Crippen molar-refractivity contribution < 1.29 is 32.9 Å². The molecule has 12 heteroatoms. The van der Waals surface area contributed by atoms with Gasteiger partial charge in [-0.05, 0) is 30.2 Å². The van der Waals surface area contributed by atoms with Crippen molar-refractivity contribution in [2.24, 2.45) is 0 Å². The van der Waals surface area contributed by atoms with Crippen molar-refractivity contribution in [3.63, 3.8) is 0 Å². The SMILES string of the molecule is CC(C)c1nc(N(C)S(C)(=O)=O)nc(-c2ccc(F)cc2)c1/C=C/[C@@H](O)C[C@@H](O)CC(=O)O.[NaH]. The maximum absolute atomic E-state index is 13.5. The van der Waals surface area contributed by atoms with E-state index in [1.807, 2.05) is 13.8 Å². The molecule has 0 radical (unpaired) electrons. The van der Waals surface area contributed by atoms with Crippen LogP contribution in [0.25, 0.3) is 17.3 Å². The Morgan fingerprint density at radius 2 is 1.76 bits per heavy atom. The van der Waals surface area contributed by atoms with Gasteiger partial charge in [-0.1, -0.05) is 26.0 Å². The second kappa shape index (κ2) is 12.7. The zero-order valence-electron chi connectivity index (χ0n) is 18.8. The molecule has 1 aromatic heterocycles. The number of hydrogen-bond donors (Lipinski definition) is 3. The van der Waals surface area contributed by atoms with Gasteiger partial charge in [0.2, 0.25) is 16.0 Å². The number of halogens is 1. The van der Waals surface area contributed by atoms with Crippen molar-refractivity contribution in [3.8, 4) is 11.3 Å². The van der Waals surface area contributed by atoms with E-state index in [4.69, 9.17) is 5.11 Å². The van der Waals surface area contributed by atoms with Crippen molar-refractivity contribution in [2.75, 3.05) is 17.6 Å². The Balaban J connectivity index is 0.00000578. The fourth-order valence-electron chi connectivity index (χ4n) is 3.05. The van der Waals surface area contributed by atoms with Crippen LogP contribution in [0.5, 0.6) is 0 Å². The van der Waals surface area contributed by atoms with Gasteiger partial charge in [0.1, 0.15) is 5.82 Å². The molecule has 0 saturated heterocycles. The van der Waals surface area contributed by atoms with Crippen LogP contribution in [0.1, 0.15) is 43.9 Å². The number of hydrogen-bond acceptors (Lipinski definition) is 7. The summed E-state index contributed by atoms with van der Waals surface area (Å²) in [5, 5.41) is 28.8. The van der Waals surface area contributed by atoms with E-state index in [0.29, 0.717) is 22.5 Å².